The van der Waals surface area contributed by atoms with Gasteiger partial charge in [-0.1, -0.05) is 11.8 Å². The van der Waals surface area contributed by atoms with E-state index in [1.54, 1.807) is 11.8 Å². The second kappa shape index (κ2) is 5.18. The van der Waals surface area contributed by atoms with Gasteiger partial charge in [-0.05, 0) is 44.4 Å². The fraction of sp³-hybridized carbons (Fsp3) is 0.714. The monoisotopic (exact) mass is 200 g/mol. The zero-order valence-corrected chi connectivity index (χ0v) is 8.93. The molecule has 0 aromatic carbocycles. The molecular formula is C7H14N5S. The maximum absolute atomic E-state index is 3.80. The van der Waals surface area contributed by atoms with Crippen molar-refractivity contribution >= 4 is 11.8 Å². The molecule has 0 atom stereocenters. The van der Waals surface area contributed by atoms with E-state index in [9.17, 15) is 0 Å². The Morgan fingerprint density at radius 1 is 1.54 bits per heavy atom. The van der Waals surface area contributed by atoms with Crippen LogP contribution in [-0.2, 0) is 0 Å². The summed E-state index contributed by atoms with van der Waals surface area (Å²) in [6.45, 7) is 3.15. The topological polar surface area (TPSA) is 57.7 Å². The van der Waals surface area contributed by atoms with E-state index in [0.717, 1.165) is 18.1 Å². The van der Waals surface area contributed by atoms with Crippen molar-refractivity contribution in [2.75, 3.05) is 20.6 Å². The highest BCUT2D eigenvalue weighted by molar-refractivity contribution is 8.01. The normalized spacial score (nSPS) is 11.5. The van der Waals surface area contributed by atoms with E-state index in [4.69, 9.17) is 0 Å². The lowest BCUT2D eigenvalue weighted by atomic mass is 10.3. The lowest BCUT2D eigenvalue weighted by Gasteiger charge is -2.12. The standard InChI is InChI=1S/C7H14N5S/c1-6(4-5-12(2)3)13-7-8-10-11-9-7/h4-5H2,1-3H3,(H,8,9,10,11). The Hall–Kier alpha value is -0.620. The molecule has 1 aromatic rings. The van der Waals surface area contributed by atoms with Crippen LogP contribution in [0.15, 0.2) is 5.16 Å². The Morgan fingerprint density at radius 2 is 2.31 bits per heavy atom. The quantitative estimate of drug-likeness (QED) is 0.712. The van der Waals surface area contributed by atoms with Gasteiger partial charge in [0.2, 0.25) is 5.16 Å². The molecule has 5 nitrogen and oxygen atoms in total. The van der Waals surface area contributed by atoms with E-state index in [0.29, 0.717) is 0 Å². The molecule has 0 aliphatic carbocycles. The molecule has 73 valence electrons. The van der Waals surface area contributed by atoms with Gasteiger partial charge in [-0.25, -0.2) is 5.10 Å². The molecule has 0 spiro atoms. The molecule has 1 heterocycles. The Labute approximate surface area is 82.3 Å². The van der Waals surface area contributed by atoms with Crippen LogP contribution in [0.1, 0.15) is 13.3 Å². The summed E-state index contributed by atoms with van der Waals surface area (Å²) in [5.74, 6) is 0. The van der Waals surface area contributed by atoms with E-state index in [2.05, 4.69) is 46.5 Å². The average Bonchev–Trinajstić information content (AvgIpc) is 2.53. The first kappa shape index (κ1) is 10.5. The summed E-state index contributed by atoms with van der Waals surface area (Å²) >= 11 is 1.59. The number of aromatic nitrogens is 4. The second-order valence-electron chi connectivity index (χ2n) is 3.06. The van der Waals surface area contributed by atoms with Crippen LogP contribution in [0, 0.1) is 5.25 Å². The number of hydrogen-bond donors (Lipinski definition) is 1. The zero-order chi connectivity index (χ0) is 9.68. The first-order chi connectivity index (χ1) is 6.18. The number of nitrogens with one attached hydrogen (secondary N) is 1. The third-order valence-electron chi connectivity index (χ3n) is 1.51. The lowest BCUT2D eigenvalue weighted by molar-refractivity contribution is 0.410. The smallest absolute Gasteiger partial charge is 0.207 e. The van der Waals surface area contributed by atoms with Crippen LogP contribution in [0.5, 0.6) is 0 Å². The number of aromatic amines is 1. The van der Waals surface area contributed by atoms with Crippen molar-refractivity contribution in [2.45, 2.75) is 18.5 Å². The molecule has 1 aromatic heterocycles. The summed E-state index contributed by atoms with van der Waals surface area (Å²) in [7, 11) is 4.13. The van der Waals surface area contributed by atoms with Gasteiger partial charge < -0.3 is 4.90 Å². The summed E-state index contributed by atoms with van der Waals surface area (Å²) in [5.41, 5.74) is 0. The minimum atomic E-state index is 0.760. The molecule has 0 saturated carbocycles. The van der Waals surface area contributed by atoms with Crippen molar-refractivity contribution in [3.63, 3.8) is 0 Å². The number of rotatable bonds is 5. The fourth-order valence-electron chi connectivity index (χ4n) is 0.791. The number of hydrogen-bond acceptors (Lipinski definition) is 5. The lowest BCUT2D eigenvalue weighted by Crippen LogP contribution is -2.14. The molecule has 0 saturated heterocycles. The average molecular weight is 200 g/mol. The van der Waals surface area contributed by atoms with Crippen molar-refractivity contribution in [1.29, 1.82) is 0 Å². The summed E-state index contributed by atoms with van der Waals surface area (Å²) in [6, 6.07) is 0. The molecule has 1 rings (SSSR count). The third kappa shape index (κ3) is 4.23. The summed E-state index contributed by atoms with van der Waals surface area (Å²) in [4.78, 5) is 2.16. The Balaban J connectivity index is 2.22. The second-order valence-corrected chi connectivity index (χ2v) is 4.35. The molecular weight excluding hydrogens is 186 g/mol. The number of H-pyrrole nitrogens is 1. The molecule has 13 heavy (non-hydrogen) atoms. The maximum atomic E-state index is 3.80. The highest BCUT2D eigenvalue weighted by Crippen LogP contribution is 2.26. The van der Waals surface area contributed by atoms with Crippen LogP contribution in [-0.4, -0.2) is 46.2 Å². The predicted octanol–water partition coefficient (Wildman–Crippen LogP) is 0.795. The molecule has 0 amide bonds. The maximum Gasteiger partial charge on any atom is 0.207 e. The fourth-order valence-corrected chi connectivity index (χ4v) is 1.48. The minimum absolute atomic E-state index is 0.760. The first-order valence-electron chi connectivity index (χ1n) is 4.07. The van der Waals surface area contributed by atoms with E-state index in [1.807, 2.05) is 0 Å². The Bertz CT molecular complexity index is 223. The minimum Gasteiger partial charge on any atom is -0.309 e. The van der Waals surface area contributed by atoms with Gasteiger partial charge in [0.05, 0.1) is 0 Å². The number of tetrazole rings is 1. The van der Waals surface area contributed by atoms with Gasteiger partial charge in [0, 0.05) is 5.25 Å². The highest BCUT2D eigenvalue weighted by atomic mass is 32.2. The summed E-state index contributed by atoms with van der Waals surface area (Å²) in [6.07, 6.45) is 1.05. The SMILES string of the molecule is C[C](CCN(C)C)Sc1nnn[nH]1. The molecule has 0 bridgehead atoms. The van der Waals surface area contributed by atoms with Gasteiger partial charge in [0.1, 0.15) is 0 Å². The number of thioether (sulfide) groups is 1. The Kier molecular flexibility index (Phi) is 4.17. The zero-order valence-electron chi connectivity index (χ0n) is 8.11. The van der Waals surface area contributed by atoms with Gasteiger partial charge in [-0.2, -0.15) is 0 Å². The van der Waals surface area contributed by atoms with Crippen LogP contribution in [0.3, 0.4) is 0 Å². The van der Waals surface area contributed by atoms with Gasteiger partial charge in [-0.15, -0.1) is 5.10 Å². The molecule has 1 radical (unpaired) electrons. The van der Waals surface area contributed by atoms with Gasteiger partial charge >= 0.3 is 0 Å². The van der Waals surface area contributed by atoms with Crippen molar-refractivity contribution < 1.29 is 0 Å². The molecule has 6 heteroatoms. The summed E-state index contributed by atoms with van der Waals surface area (Å²) in [5, 5.41) is 15.6. The van der Waals surface area contributed by atoms with Crippen LogP contribution in [0.2, 0.25) is 0 Å². The van der Waals surface area contributed by atoms with Crippen LogP contribution in [0.25, 0.3) is 0 Å². The van der Waals surface area contributed by atoms with Crippen LogP contribution in [0.4, 0.5) is 0 Å². The Morgan fingerprint density at radius 3 is 2.85 bits per heavy atom. The van der Waals surface area contributed by atoms with E-state index in [-0.39, 0.29) is 0 Å². The third-order valence-corrected chi connectivity index (χ3v) is 2.43. The van der Waals surface area contributed by atoms with E-state index >= 15 is 0 Å². The molecule has 1 N–H and O–H groups in total. The molecule has 0 aliphatic rings. The van der Waals surface area contributed by atoms with Crippen LogP contribution < -0.4 is 0 Å². The van der Waals surface area contributed by atoms with Crippen LogP contribution >= 0.6 is 11.8 Å². The van der Waals surface area contributed by atoms with Gasteiger partial charge in [-0.3, -0.25) is 0 Å². The molecule has 0 aliphatic heterocycles. The largest absolute Gasteiger partial charge is 0.309 e. The summed E-state index contributed by atoms with van der Waals surface area (Å²) < 4.78 is 0. The van der Waals surface area contributed by atoms with Crippen molar-refractivity contribution in [1.82, 2.24) is 25.5 Å². The van der Waals surface area contributed by atoms with Crippen molar-refractivity contribution in [2.24, 2.45) is 0 Å². The van der Waals surface area contributed by atoms with E-state index in [1.165, 1.54) is 5.25 Å². The molecule has 0 fully saturated rings. The van der Waals surface area contributed by atoms with Gasteiger partial charge in [0.25, 0.3) is 0 Å². The number of nitrogens with zero attached hydrogens (tertiary/aromatic N) is 4. The first-order valence-corrected chi connectivity index (χ1v) is 4.89. The van der Waals surface area contributed by atoms with Crippen molar-refractivity contribution in [3.05, 3.63) is 5.25 Å². The molecule has 0 unspecified atom stereocenters. The van der Waals surface area contributed by atoms with E-state index < -0.39 is 0 Å². The highest BCUT2D eigenvalue weighted by Gasteiger charge is 2.07. The van der Waals surface area contributed by atoms with Gasteiger partial charge in [0.15, 0.2) is 0 Å². The van der Waals surface area contributed by atoms with Crippen molar-refractivity contribution in [3.8, 4) is 0 Å². The predicted molar refractivity (Wildman–Crippen MR) is 52.1 cm³/mol.